The Morgan fingerprint density at radius 3 is 2.67 bits per heavy atom. The van der Waals surface area contributed by atoms with Gasteiger partial charge in [-0.25, -0.2) is 0 Å². The summed E-state index contributed by atoms with van der Waals surface area (Å²) in [5, 5.41) is 2.88. The van der Waals surface area contributed by atoms with Gasteiger partial charge >= 0.3 is 0 Å². The number of amides is 2. The smallest absolute Gasteiger partial charge is 0.221 e. The van der Waals surface area contributed by atoms with Crippen LogP contribution in [0.4, 0.5) is 0 Å². The lowest BCUT2D eigenvalue weighted by Gasteiger charge is -2.20. The van der Waals surface area contributed by atoms with Gasteiger partial charge < -0.3 is 10.2 Å². The number of carbonyl (C=O) groups is 2. The van der Waals surface area contributed by atoms with Crippen LogP contribution in [0.15, 0.2) is 24.4 Å². The first-order valence-corrected chi connectivity index (χ1v) is 7.41. The molecule has 0 aliphatic rings. The fourth-order valence-electron chi connectivity index (χ4n) is 1.86. The molecule has 1 aromatic rings. The van der Waals surface area contributed by atoms with Crippen LogP contribution in [0.25, 0.3) is 0 Å². The van der Waals surface area contributed by atoms with Crippen LogP contribution in [0.2, 0.25) is 0 Å². The van der Waals surface area contributed by atoms with Crippen molar-refractivity contribution >= 4 is 11.8 Å². The van der Waals surface area contributed by atoms with Crippen LogP contribution < -0.4 is 5.32 Å². The van der Waals surface area contributed by atoms with Crippen LogP contribution >= 0.6 is 0 Å². The van der Waals surface area contributed by atoms with Crippen molar-refractivity contribution in [1.82, 2.24) is 15.2 Å². The summed E-state index contributed by atoms with van der Waals surface area (Å²) >= 11 is 0. The molecular weight excluding hydrogens is 266 g/mol. The standard InChI is InChI=1S/C16H25N3O2/c1-13(2)7-10-18-16(21)8-11-19(14(3)20)12-15-6-4-5-9-17-15/h4-6,9,13H,7-8,10-12H2,1-3H3,(H,18,21). The van der Waals surface area contributed by atoms with E-state index in [9.17, 15) is 9.59 Å². The minimum atomic E-state index is -0.0457. The second-order valence-corrected chi connectivity index (χ2v) is 5.54. The number of aromatic nitrogens is 1. The van der Waals surface area contributed by atoms with Gasteiger partial charge in [0.2, 0.25) is 11.8 Å². The second kappa shape index (κ2) is 9.10. The van der Waals surface area contributed by atoms with E-state index in [0.717, 1.165) is 12.1 Å². The van der Waals surface area contributed by atoms with Gasteiger partial charge in [0.1, 0.15) is 0 Å². The lowest BCUT2D eigenvalue weighted by atomic mass is 10.1. The highest BCUT2D eigenvalue weighted by Crippen LogP contribution is 2.03. The van der Waals surface area contributed by atoms with Crippen LogP contribution in [0.5, 0.6) is 0 Å². The van der Waals surface area contributed by atoms with Gasteiger partial charge in [0, 0.05) is 32.6 Å². The summed E-state index contributed by atoms with van der Waals surface area (Å²) in [5.41, 5.74) is 0.827. The molecule has 0 aliphatic carbocycles. The Morgan fingerprint density at radius 2 is 2.10 bits per heavy atom. The molecule has 0 radical (unpaired) electrons. The van der Waals surface area contributed by atoms with E-state index in [2.05, 4.69) is 24.1 Å². The van der Waals surface area contributed by atoms with E-state index in [4.69, 9.17) is 0 Å². The predicted molar refractivity (Wildman–Crippen MR) is 82.4 cm³/mol. The molecule has 21 heavy (non-hydrogen) atoms. The molecule has 0 spiro atoms. The first kappa shape index (κ1) is 17.1. The molecule has 0 bridgehead atoms. The third-order valence-corrected chi connectivity index (χ3v) is 3.18. The highest BCUT2D eigenvalue weighted by atomic mass is 16.2. The first-order chi connectivity index (χ1) is 9.99. The van der Waals surface area contributed by atoms with Gasteiger partial charge in [-0.2, -0.15) is 0 Å². The molecule has 116 valence electrons. The van der Waals surface area contributed by atoms with Gasteiger partial charge in [0.05, 0.1) is 12.2 Å². The summed E-state index contributed by atoms with van der Waals surface area (Å²) < 4.78 is 0. The fourth-order valence-corrected chi connectivity index (χ4v) is 1.86. The molecular formula is C16H25N3O2. The average molecular weight is 291 g/mol. The molecule has 0 saturated carbocycles. The van der Waals surface area contributed by atoms with Gasteiger partial charge in [-0.1, -0.05) is 19.9 Å². The van der Waals surface area contributed by atoms with E-state index < -0.39 is 0 Å². The number of nitrogens with one attached hydrogen (secondary N) is 1. The zero-order valence-electron chi connectivity index (χ0n) is 13.1. The SMILES string of the molecule is CC(=O)N(CCC(=O)NCCC(C)C)Cc1ccccn1. The van der Waals surface area contributed by atoms with Crippen LogP contribution in [-0.2, 0) is 16.1 Å². The Balaban J connectivity index is 2.38. The van der Waals surface area contributed by atoms with Crippen molar-refractivity contribution in [3.05, 3.63) is 30.1 Å². The lowest BCUT2D eigenvalue weighted by Crippen LogP contribution is -2.34. The Morgan fingerprint density at radius 1 is 1.33 bits per heavy atom. The average Bonchev–Trinajstić information content (AvgIpc) is 2.43. The summed E-state index contributed by atoms with van der Waals surface area (Å²) in [5.74, 6) is 0.515. The molecule has 0 saturated heterocycles. The number of carbonyl (C=O) groups excluding carboxylic acids is 2. The molecule has 1 heterocycles. The Labute approximate surface area is 126 Å². The van der Waals surface area contributed by atoms with Gasteiger partial charge in [-0.05, 0) is 24.5 Å². The van der Waals surface area contributed by atoms with E-state index >= 15 is 0 Å². The first-order valence-electron chi connectivity index (χ1n) is 7.41. The zero-order valence-corrected chi connectivity index (χ0v) is 13.1. The van der Waals surface area contributed by atoms with E-state index in [-0.39, 0.29) is 11.8 Å². The third-order valence-electron chi connectivity index (χ3n) is 3.18. The van der Waals surface area contributed by atoms with Crippen LogP contribution in [0.3, 0.4) is 0 Å². The van der Waals surface area contributed by atoms with Gasteiger partial charge in [-0.15, -0.1) is 0 Å². The van der Waals surface area contributed by atoms with E-state index in [1.807, 2.05) is 18.2 Å². The van der Waals surface area contributed by atoms with Crippen LogP contribution in [-0.4, -0.2) is 34.8 Å². The highest BCUT2D eigenvalue weighted by Gasteiger charge is 2.12. The van der Waals surface area contributed by atoms with Crippen molar-refractivity contribution in [2.24, 2.45) is 5.92 Å². The summed E-state index contributed by atoms with van der Waals surface area (Å²) in [4.78, 5) is 29.2. The third kappa shape index (κ3) is 7.44. The van der Waals surface area contributed by atoms with E-state index in [0.29, 0.717) is 32.0 Å². The Bertz CT molecular complexity index is 446. The molecule has 0 aliphatic heterocycles. The van der Waals surface area contributed by atoms with Crippen molar-refractivity contribution in [3.63, 3.8) is 0 Å². The maximum atomic E-state index is 11.7. The normalized spacial score (nSPS) is 10.5. The fraction of sp³-hybridized carbons (Fsp3) is 0.562. The monoisotopic (exact) mass is 291 g/mol. The van der Waals surface area contributed by atoms with Gasteiger partial charge in [0.15, 0.2) is 0 Å². The zero-order chi connectivity index (χ0) is 15.7. The van der Waals surface area contributed by atoms with Gasteiger partial charge in [0.25, 0.3) is 0 Å². The van der Waals surface area contributed by atoms with Crippen LogP contribution in [0.1, 0.15) is 39.3 Å². The van der Waals surface area contributed by atoms with Crippen LogP contribution in [0, 0.1) is 5.92 Å². The molecule has 0 fully saturated rings. The minimum Gasteiger partial charge on any atom is -0.356 e. The number of hydrogen-bond acceptors (Lipinski definition) is 3. The van der Waals surface area contributed by atoms with Crippen molar-refractivity contribution in [2.45, 2.75) is 40.2 Å². The summed E-state index contributed by atoms with van der Waals surface area (Å²) in [7, 11) is 0. The van der Waals surface area contributed by atoms with Gasteiger partial charge in [-0.3, -0.25) is 14.6 Å². The highest BCUT2D eigenvalue weighted by molar-refractivity contribution is 5.77. The van der Waals surface area contributed by atoms with E-state index in [1.54, 1.807) is 11.1 Å². The summed E-state index contributed by atoms with van der Waals surface area (Å²) in [6, 6.07) is 5.60. The minimum absolute atomic E-state index is 0.0112. The van der Waals surface area contributed by atoms with Crippen molar-refractivity contribution < 1.29 is 9.59 Å². The quantitative estimate of drug-likeness (QED) is 0.796. The number of rotatable bonds is 8. The van der Waals surface area contributed by atoms with Crippen molar-refractivity contribution in [3.8, 4) is 0 Å². The molecule has 1 aromatic heterocycles. The molecule has 5 nitrogen and oxygen atoms in total. The van der Waals surface area contributed by atoms with Crippen molar-refractivity contribution in [2.75, 3.05) is 13.1 Å². The molecule has 0 aromatic carbocycles. The number of pyridine rings is 1. The Hall–Kier alpha value is -1.91. The molecule has 1 N–H and O–H groups in total. The second-order valence-electron chi connectivity index (χ2n) is 5.54. The molecule has 1 rings (SSSR count). The predicted octanol–water partition coefficient (Wildman–Crippen LogP) is 1.98. The molecule has 2 amide bonds. The number of nitrogens with zero attached hydrogens (tertiary/aromatic N) is 2. The Kier molecular flexibility index (Phi) is 7.43. The largest absolute Gasteiger partial charge is 0.356 e. The van der Waals surface area contributed by atoms with E-state index in [1.165, 1.54) is 6.92 Å². The molecule has 0 unspecified atom stereocenters. The molecule has 5 heteroatoms. The maximum absolute atomic E-state index is 11.7. The maximum Gasteiger partial charge on any atom is 0.221 e. The number of hydrogen-bond donors (Lipinski definition) is 1. The summed E-state index contributed by atoms with van der Waals surface area (Å²) in [6.07, 6.45) is 2.99. The molecule has 0 atom stereocenters. The summed E-state index contributed by atoms with van der Waals surface area (Å²) in [6.45, 7) is 7.30. The van der Waals surface area contributed by atoms with Crippen molar-refractivity contribution in [1.29, 1.82) is 0 Å². The topological polar surface area (TPSA) is 62.3 Å². The lowest BCUT2D eigenvalue weighted by molar-refractivity contribution is -0.130.